The van der Waals surface area contributed by atoms with Gasteiger partial charge in [0.05, 0.1) is 0 Å². The molecule has 1 aromatic rings. The summed E-state index contributed by atoms with van der Waals surface area (Å²) in [5.74, 6) is -0.706. The maximum absolute atomic E-state index is 13.2. The van der Waals surface area contributed by atoms with E-state index in [-0.39, 0.29) is 5.82 Å². The monoisotopic (exact) mass is 252 g/mol. The minimum Gasteiger partial charge on any atom is -0.374 e. The van der Waals surface area contributed by atoms with E-state index in [2.05, 4.69) is 12.2 Å². The molecule has 0 aliphatic carbocycles. The number of primary amides is 1. The number of halogens is 1. The summed E-state index contributed by atoms with van der Waals surface area (Å²) in [5.41, 5.74) is 6.77. The molecule has 1 aromatic carbocycles. The first kappa shape index (κ1) is 14.5. The quantitative estimate of drug-likeness (QED) is 0.733. The summed E-state index contributed by atoms with van der Waals surface area (Å²) in [5, 5.41) is 3.00. The summed E-state index contributed by atoms with van der Waals surface area (Å²) < 4.78 is 13.2. The minimum atomic E-state index is -0.433. The van der Waals surface area contributed by atoms with Crippen LogP contribution in [0.4, 0.5) is 10.1 Å². The van der Waals surface area contributed by atoms with E-state index in [0.717, 1.165) is 24.8 Å². The van der Waals surface area contributed by atoms with Crippen LogP contribution in [0.5, 0.6) is 0 Å². The maximum Gasteiger partial charge on any atom is 0.239 e. The third-order valence-electron chi connectivity index (χ3n) is 2.82. The molecular weight excluding hydrogens is 231 g/mol. The smallest absolute Gasteiger partial charge is 0.239 e. The van der Waals surface area contributed by atoms with Crippen molar-refractivity contribution in [3.63, 3.8) is 0 Å². The number of nitrogens with one attached hydrogen (secondary N) is 1. The highest BCUT2D eigenvalue weighted by molar-refractivity contribution is 5.82. The predicted molar refractivity (Wildman–Crippen MR) is 71.9 cm³/mol. The summed E-state index contributed by atoms with van der Waals surface area (Å²) in [6.45, 7) is 3.91. The molecule has 0 bridgehead atoms. The van der Waals surface area contributed by atoms with Crippen molar-refractivity contribution >= 4 is 11.6 Å². The number of hydrogen-bond acceptors (Lipinski definition) is 2. The normalized spacial score (nSPS) is 12.2. The van der Waals surface area contributed by atoms with Crippen molar-refractivity contribution < 1.29 is 9.18 Å². The second-order valence-corrected chi connectivity index (χ2v) is 4.61. The summed E-state index contributed by atoms with van der Waals surface area (Å²) in [7, 11) is 0. The molecule has 0 aliphatic heterocycles. The third kappa shape index (κ3) is 4.73. The molecule has 18 heavy (non-hydrogen) atoms. The molecule has 0 fully saturated rings. The lowest BCUT2D eigenvalue weighted by Gasteiger charge is -2.17. The number of amides is 1. The number of aryl methyl sites for hydroxylation is 1. The molecule has 100 valence electrons. The van der Waals surface area contributed by atoms with Crippen molar-refractivity contribution in [3.05, 3.63) is 29.6 Å². The third-order valence-corrected chi connectivity index (χ3v) is 2.82. The highest BCUT2D eigenvalue weighted by atomic mass is 19.1. The van der Waals surface area contributed by atoms with Gasteiger partial charge in [-0.05, 0) is 37.1 Å². The lowest BCUT2D eigenvalue weighted by atomic mass is 10.1. The summed E-state index contributed by atoms with van der Waals surface area (Å²) in [6.07, 6.45) is 3.77. The Hall–Kier alpha value is -1.58. The summed E-state index contributed by atoms with van der Waals surface area (Å²) >= 11 is 0. The van der Waals surface area contributed by atoms with E-state index in [1.165, 1.54) is 12.1 Å². The van der Waals surface area contributed by atoms with Crippen LogP contribution in [-0.2, 0) is 4.79 Å². The van der Waals surface area contributed by atoms with E-state index in [9.17, 15) is 9.18 Å². The Kier molecular flexibility index (Phi) is 5.62. The number of hydrogen-bond donors (Lipinski definition) is 2. The number of anilines is 1. The lowest BCUT2D eigenvalue weighted by molar-refractivity contribution is -0.118. The van der Waals surface area contributed by atoms with Crippen molar-refractivity contribution in [3.8, 4) is 0 Å². The van der Waals surface area contributed by atoms with Crippen molar-refractivity contribution in [2.75, 3.05) is 5.32 Å². The van der Waals surface area contributed by atoms with Gasteiger partial charge in [-0.3, -0.25) is 4.79 Å². The molecule has 4 heteroatoms. The van der Waals surface area contributed by atoms with E-state index in [1.54, 1.807) is 6.07 Å². The Morgan fingerprint density at radius 3 is 2.67 bits per heavy atom. The zero-order chi connectivity index (χ0) is 13.5. The van der Waals surface area contributed by atoms with Gasteiger partial charge in [0.2, 0.25) is 5.91 Å². The van der Waals surface area contributed by atoms with Crippen LogP contribution in [0.2, 0.25) is 0 Å². The van der Waals surface area contributed by atoms with Gasteiger partial charge < -0.3 is 11.1 Å². The maximum atomic E-state index is 13.2. The average Bonchev–Trinajstić information content (AvgIpc) is 2.26. The van der Waals surface area contributed by atoms with Crippen molar-refractivity contribution in [1.82, 2.24) is 0 Å². The van der Waals surface area contributed by atoms with Gasteiger partial charge in [-0.15, -0.1) is 0 Å². The van der Waals surface area contributed by atoms with E-state index in [1.807, 2.05) is 6.92 Å². The highest BCUT2D eigenvalue weighted by Crippen LogP contribution is 2.16. The van der Waals surface area contributed by atoms with Gasteiger partial charge in [-0.2, -0.15) is 0 Å². The van der Waals surface area contributed by atoms with Crippen LogP contribution < -0.4 is 11.1 Å². The van der Waals surface area contributed by atoms with Crippen LogP contribution in [0.25, 0.3) is 0 Å². The summed E-state index contributed by atoms with van der Waals surface area (Å²) in [6, 6.07) is 4.20. The van der Waals surface area contributed by atoms with E-state index in [4.69, 9.17) is 5.73 Å². The average molecular weight is 252 g/mol. The molecule has 1 atom stereocenters. The van der Waals surface area contributed by atoms with Gasteiger partial charge in [-0.1, -0.05) is 26.2 Å². The highest BCUT2D eigenvalue weighted by Gasteiger charge is 2.14. The number of carbonyl (C=O) groups excluding carboxylic acids is 1. The molecule has 1 amide bonds. The molecule has 0 spiro atoms. The van der Waals surface area contributed by atoms with Crippen LogP contribution in [-0.4, -0.2) is 11.9 Å². The summed E-state index contributed by atoms with van der Waals surface area (Å²) in [4.78, 5) is 11.3. The molecule has 1 rings (SSSR count). The first-order valence-corrected chi connectivity index (χ1v) is 6.36. The number of carbonyl (C=O) groups is 1. The number of benzene rings is 1. The molecular formula is C14H21FN2O. The zero-order valence-electron chi connectivity index (χ0n) is 11.0. The molecule has 0 aliphatic rings. The molecule has 0 saturated heterocycles. The van der Waals surface area contributed by atoms with Crippen LogP contribution >= 0.6 is 0 Å². The molecule has 0 radical (unpaired) electrons. The SMILES string of the molecule is CCCCCC(Nc1cc(C)cc(F)c1)C(N)=O. The van der Waals surface area contributed by atoms with Crippen LogP contribution in [0, 0.1) is 12.7 Å². The Morgan fingerprint density at radius 1 is 1.39 bits per heavy atom. The van der Waals surface area contributed by atoms with Gasteiger partial charge in [0.25, 0.3) is 0 Å². The van der Waals surface area contributed by atoms with Crippen molar-refractivity contribution in [2.24, 2.45) is 5.73 Å². The fourth-order valence-electron chi connectivity index (χ4n) is 1.90. The Labute approximate surface area is 108 Å². The van der Waals surface area contributed by atoms with Crippen LogP contribution in [0.3, 0.4) is 0 Å². The predicted octanol–water partition coefficient (Wildman–Crippen LogP) is 2.98. The molecule has 0 aromatic heterocycles. The number of rotatable bonds is 7. The molecule has 3 N–H and O–H groups in total. The van der Waals surface area contributed by atoms with E-state index < -0.39 is 11.9 Å². The minimum absolute atomic E-state index is 0.311. The second-order valence-electron chi connectivity index (χ2n) is 4.61. The Bertz CT molecular complexity index is 387. The Morgan fingerprint density at radius 2 is 2.11 bits per heavy atom. The van der Waals surface area contributed by atoms with Crippen LogP contribution in [0.15, 0.2) is 18.2 Å². The molecule has 3 nitrogen and oxygen atoms in total. The van der Waals surface area contributed by atoms with Crippen molar-refractivity contribution in [1.29, 1.82) is 0 Å². The van der Waals surface area contributed by atoms with Gasteiger partial charge >= 0.3 is 0 Å². The standard InChI is InChI=1S/C14H21FN2O/c1-3-4-5-6-13(14(16)18)17-12-8-10(2)7-11(15)9-12/h7-9,13,17H,3-6H2,1-2H3,(H2,16,18). The topological polar surface area (TPSA) is 55.1 Å². The number of unbranched alkanes of at least 4 members (excludes halogenated alkanes) is 2. The first-order valence-electron chi connectivity index (χ1n) is 6.36. The molecule has 1 unspecified atom stereocenters. The Balaban J connectivity index is 2.67. The van der Waals surface area contributed by atoms with Gasteiger partial charge in [0.15, 0.2) is 0 Å². The fraction of sp³-hybridized carbons (Fsp3) is 0.500. The van der Waals surface area contributed by atoms with Gasteiger partial charge in [0, 0.05) is 5.69 Å². The van der Waals surface area contributed by atoms with Gasteiger partial charge in [-0.25, -0.2) is 4.39 Å². The second kappa shape index (κ2) is 6.99. The van der Waals surface area contributed by atoms with Crippen LogP contribution in [0.1, 0.15) is 38.2 Å². The van der Waals surface area contributed by atoms with E-state index in [0.29, 0.717) is 12.1 Å². The molecule has 0 saturated carbocycles. The number of nitrogens with two attached hydrogens (primary N) is 1. The molecule has 0 heterocycles. The largest absolute Gasteiger partial charge is 0.374 e. The first-order chi connectivity index (χ1) is 8.52. The van der Waals surface area contributed by atoms with Gasteiger partial charge in [0.1, 0.15) is 11.9 Å². The lowest BCUT2D eigenvalue weighted by Crippen LogP contribution is -2.35. The fourth-order valence-corrected chi connectivity index (χ4v) is 1.90. The van der Waals surface area contributed by atoms with Crippen molar-refractivity contribution in [2.45, 2.75) is 45.6 Å². The zero-order valence-corrected chi connectivity index (χ0v) is 11.0. The van der Waals surface area contributed by atoms with E-state index >= 15 is 0 Å².